The summed E-state index contributed by atoms with van der Waals surface area (Å²) >= 11 is 0. The van der Waals surface area contributed by atoms with Crippen LogP contribution in [0.1, 0.15) is 46.8 Å². The van der Waals surface area contributed by atoms with E-state index in [0.717, 1.165) is 72.9 Å². The lowest BCUT2D eigenvalue weighted by Gasteiger charge is -2.35. The van der Waals surface area contributed by atoms with Crippen molar-refractivity contribution in [2.24, 2.45) is 0 Å². The van der Waals surface area contributed by atoms with Crippen LogP contribution < -0.4 is 5.56 Å². The molecule has 0 atom stereocenters. The molecule has 2 fully saturated rings. The molecule has 9 heteroatoms. The van der Waals surface area contributed by atoms with Gasteiger partial charge in [-0.25, -0.2) is 4.39 Å². The van der Waals surface area contributed by atoms with Crippen LogP contribution in [0.5, 0.6) is 0 Å². The lowest BCUT2D eigenvalue weighted by atomic mass is 10.0. The van der Waals surface area contributed by atoms with E-state index in [1.165, 1.54) is 6.07 Å². The Bertz CT molecular complexity index is 1560. The molecule has 39 heavy (non-hydrogen) atoms. The summed E-state index contributed by atoms with van der Waals surface area (Å²) < 4.78 is 20.9. The van der Waals surface area contributed by atoms with Gasteiger partial charge in [0.2, 0.25) is 0 Å². The smallest absolute Gasteiger partial charge is 0.259 e. The highest BCUT2D eigenvalue weighted by Crippen LogP contribution is 2.30. The largest absolute Gasteiger partial charge is 0.381 e. The van der Waals surface area contributed by atoms with Crippen molar-refractivity contribution in [1.29, 1.82) is 0 Å². The minimum absolute atomic E-state index is 0.0188. The number of hydrogen-bond donors (Lipinski definition) is 1. The highest BCUT2D eigenvalue weighted by atomic mass is 19.1. The quantitative estimate of drug-likeness (QED) is 0.406. The van der Waals surface area contributed by atoms with Gasteiger partial charge in [0.25, 0.3) is 11.5 Å². The van der Waals surface area contributed by atoms with E-state index in [1.54, 1.807) is 18.3 Å². The highest BCUT2D eigenvalue weighted by Gasteiger charge is 2.25. The molecule has 0 aliphatic carbocycles. The lowest BCUT2D eigenvalue weighted by molar-refractivity contribution is 0.0635. The fourth-order valence-electron chi connectivity index (χ4n) is 5.97. The molecular weight excluding hydrogens is 497 g/mol. The predicted molar refractivity (Wildman–Crippen MR) is 149 cm³/mol. The number of H-pyrrole nitrogens is 1. The van der Waals surface area contributed by atoms with Gasteiger partial charge < -0.3 is 14.6 Å². The number of carbonyl (C=O) groups is 1. The van der Waals surface area contributed by atoms with Crippen LogP contribution in [0.25, 0.3) is 21.8 Å². The van der Waals surface area contributed by atoms with E-state index in [2.05, 4.69) is 15.0 Å². The molecule has 2 aromatic carbocycles. The summed E-state index contributed by atoms with van der Waals surface area (Å²) in [7, 11) is 0. The van der Waals surface area contributed by atoms with E-state index in [4.69, 9.17) is 4.74 Å². The molecule has 0 unspecified atom stereocenters. The number of benzene rings is 2. The first-order chi connectivity index (χ1) is 19.0. The van der Waals surface area contributed by atoms with Gasteiger partial charge in [0.15, 0.2) is 0 Å². The van der Waals surface area contributed by atoms with Gasteiger partial charge in [-0.3, -0.25) is 19.2 Å². The Hall–Kier alpha value is -3.56. The fraction of sp³-hybridized carbons (Fsp3) is 0.433. The number of halogens is 1. The van der Waals surface area contributed by atoms with Gasteiger partial charge in [-0.05, 0) is 74.5 Å². The van der Waals surface area contributed by atoms with Crippen molar-refractivity contribution in [3.05, 3.63) is 75.5 Å². The number of carbonyl (C=O) groups excluding carboxylic acids is 1. The van der Waals surface area contributed by atoms with Crippen molar-refractivity contribution in [3.8, 4) is 0 Å². The summed E-state index contributed by atoms with van der Waals surface area (Å²) in [4.78, 5) is 33.8. The molecular formula is C30H34FN5O3. The van der Waals surface area contributed by atoms with Crippen LogP contribution in [0.4, 0.5) is 4.39 Å². The Morgan fingerprint density at radius 2 is 1.90 bits per heavy atom. The molecule has 2 aliphatic rings. The van der Waals surface area contributed by atoms with Crippen LogP contribution in [0, 0.1) is 12.7 Å². The molecule has 204 valence electrons. The monoisotopic (exact) mass is 531 g/mol. The van der Waals surface area contributed by atoms with Crippen LogP contribution in [0.3, 0.4) is 0 Å². The van der Waals surface area contributed by atoms with Crippen molar-refractivity contribution in [1.82, 2.24) is 24.6 Å². The van der Waals surface area contributed by atoms with Crippen LogP contribution >= 0.6 is 0 Å². The molecule has 0 spiro atoms. The van der Waals surface area contributed by atoms with Gasteiger partial charge in [-0.15, -0.1) is 0 Å². The van der Waals surface area contributed by atoms with Crippen LogP contribution in [0.2, 0.25) is 0 Å². The molecule has 0 radical (unpaired) electrons. The maximum absolute atomic E-state index is 13.7. The zero-order valence-electron chi connectivity index (χ0n) is 22.3. The number of ether oxygens (including phenoxy) is 1. The van der Waals surface area contributed by atoms with E-state index in [9.17, 15) is 14.0 Å². The minimum Gasteiger partial charge on any atom is -0.381 e. The third kappa shape index (κ3) is 5.21. The van der Waals surface area contributed by atoms with Gasteiger partial charge >= 0.3 is 0 Å². The van der Waals surface area contributed by atoms with Crippen molar-refractivity contribution in [3.63, 3.8) is 0 Å². The zero-order valence-corrected chi connectivity index (χ0v) is 22.3. The summed E-state index contributed by atoms with van der Waals surface area (Å²) in [6, 6.07) is 10.8. The summed E-state index contributed by atoms with van der Waals surface area (Å²) in [6.07, 6.45) is 5.12. The van der Waals surface area contributed by atoms with E-state index in [-0.39, 0.29) is 23.3 Å². The topological polar surface area (TPSA) is 83.5 Å². The number of hydrogen-bond acceptors (Lipinski definition) is 5. The molecule has 0 saturated carbocycles. The molecule has 4 heterocycles. The summed E-state index contributed by atoms with van der Waals surface area (Å²) in [5, 5.41) is 5.99. The van der Waals surface area contributed by atoms with Gasteiger partial charge in [0.1, 0.15) is 5.82 Å². The standard InChI is InChI=1S/C30H34FN5O3/c1-20-16-27-25(28-26(29(37)33-27)19-32-36(28)23-7-14-39-15-8-23)18-24(20)30(38)35-12-10-34(11-13-35)9-3-5-21-4-2-6-22(31)17-21/h2,4,6,16-19,23H,3,5,7-15H2,1H3,(H,33,37). The third-order valence-electron chi connectivity index (χ3n) is 8.16. The SMILES string of the molecule is Cc1cc2[nH]c(=O)c3cnn(C4CCOCC4)c3c2cc1C(=O)N1CCN(CCCc2cccc(F)c2)CC1. The number of fused-ring (bicyclic) bond motifs is 3. The van der Waals surface area contributed by atoms with Crippen molar-refractivity contribution in [2.75, 3.05) is 45.9 Å². The number of rotatable bonds is 6. The average Bonchev–Trinajstić information content (AvgIpc) is 3.40. The number of aromatic amines is 1. The second kappa shape index (κ2) is 10.9. The summed E-state index contributed by atoms with van der Waals surface area (Å²) in [5.41, 5.74) is 3.87. The molecule has 4 aromatic rings. The first-order valence-electron chi connectivity index (χ1n) is 13.9. The number of aryl methyl sites for hydroxylation is 2. The zero-order chi connectivity index (χ0) is 26.9. The second-order valence-corrected chi connectivity index (χ2v) is 10.7. The van der Waals surface area contributed by atoms with Gasteiger partial charge in [-0.1, -0.05) is 12.1 Å². The minimum atomic E-state index is -0.191. The Labute approximate surface area is 226 Å². The number of nitrogens with one attached hydrogen (secondary N) is 1. The number of aromatic nitrogens is 3. The molecule has 2 aromatic heterocycles. The predicted octanol–water partition coefficient (Wildman–Crippen LogP) is 4.07. The molecule has 2 saturated heterocycles. The van der Waals surface area contributed by atoms with E-state index in [1.807, 2.05) is 34.7 Å². The highest BCUT2D eigenvalue weighted by molar-refractivity contribution is 6.07. The van der Waals surface area contributed by atoms with Crippen molar-refractivity contribution >= 4 is 27.7 Å². The Balaban J connectivity index is 1.19. The van der Waals surface area contributed by atoms with E-state index in [0.29, 0.717) is 37.3 Å². The van der Waals surface area contributed by atoms with Crippen LogP contribution in [-0.4, -0.2) is 76.4 Å². The van der Waals surface area contributed by atoms with Gasteiger partial charge in [0.05, 0.1) is 28.7 Å². The Morgan fingerprint density at radius 1 is 1.10 bits per heavy atom. The number of nitrogens with zero attached hydrogens (tertiary/aromatic N) is 4. The van der Waals surface area contributed by atoms with Crippen molar-refractivity contribution in [2.45, 2.75) is 38.6 Å². The second-order valence-electron chi connectivity index (χ2n) is 10.7. The molecule has 8 nitrogen and oxygen atoms in total. The number of amides is 1. The lowest BCUT2D eigenvalue weighted by Crippen LogP contribution is -2.49. The first-order valence-corrected chi connectivity index (χ1v) is 13.9. The van der Waals surface area contributed by atoms with E-state index >= 15 is 0 Å². The van der Waals surface area contributed by atoms with Gasteiger partial charge in [-0.2, -0.15) is 5.10 Å². The Kier molecular flexibility index (Phi) is 7.18. The number of piperazine rings is 1. The normalized spacial score (nSPS) is 17.3. The fourth-order valence-corrected chi connectivity index (χ4v) is 5.97. The average molecular weight is 532 g/mol. The van der Waals surface area contributed by atoms with Crippen LogP contribution in [-0.2, 0) is 11.2 Å². The maximum atomic E-state index is 13.7. The molecule has 1 amide bonds. The van der Waals surface area contributed by atoms with E-state index < -0.39 is 0 Å². The third-order valence-corrected chi connectivity index (χ3v) is 8.16. The van der Waals surface area contributed by atoms with Gasteiger partial charge in [0, 0.05) is 50.3 Å². The maximum Gasteiger partial charge on any atom is 0.259 e. The number of pyridine rings is 1. The Morgan fingerprint density at radius 3 is 2.67 bits per heavy atom. The molecule has 1 N–H and O–H groups in total. The van der Waals surface area contributed by atoms with Crippen LogP contribution in [0.15, 0.2) is 47.4 Å². The molecule has 2 aliphatic heterocycles. The first kappa shape index (κ1) is 25.7. The van der Waals surface area contributed by atoms with Crippen molar-refractivity contribution < 1.29 is 13.9 Å². The summed E-state index contributed by atoms with van der Waals surface area (Å²) in [5.74, 6) is -0.172. The molecule has 0 bridgehead atoms. The molecule has 6 rings (SSSR count). The summed E-state index contributed by atoms with van der Waals surface area (Å²) in [6.45, 7) is 7.15.